The highest BCUT2D eigenvalue weighted by Crippen LogP contribution is 2.32. The molecule has 0 unspecified atom stereocenters. The Balaban J connectivity index is 1.81. The lowest BCUT2D eigenvalue weighted by molar-refractivity contribution is -0.133. The summed E-state index contributed by atoms with van der Waals surface area (Å²) in [5.41, 5.74) is 1.38. The number of carbonyl (C=O) groups is 1. The quantitative estimate of drug-likeness (QED) is 0.930. The summed E-state index contributed by atoms with van der Waals surface area (Å²) in [6.07, 6.45) is 1.37. The second-order valence-corrected chi connectivity index (χ2v) is 6.17. The van der Waals surface area contributed by atoms with Crippen molar-refractivity contribution in [2.45, 2.75) is 32.0 Å². The van der Waals surface area contributed by atoms with Gasteiger partial charge < -0.3 is 14.6 Å². The molecule has 2 heterocycles. The number of β-amino-alcohol motifs (C(OH)–C–C–N with tert-alkyl or cyclic N) is 1. The maximum atomic E-state index is 13.1. The summed E-state index contributed by atoms with van der Waals surface area (Å²) < 4.78 is 14.5. The van der Waals surface area contributed by atoms with Crippen molar-refractivity contribution in [2.75, 3.05) is 6.54 Å². The monoisotopic (exact) mass is 330 g/mol. The molecule has 0 bridgehead atoms. The molecule has 0 saturated carbocycles. The third-order valence-electron chi connectivity index (χ3n) is 4.31. The zero-order valence-electron chi connectivity index (χ0n) is 13.4. The van der Waals surface area contributed by atoms with Crippen LogP contribution in [-0.4, -0.2) is 33.1 Å². The van der Waals surface area contributed by atoms with E-state index in [1.54, 1.807) is 29.3 Å². The Labute approximate surface area is 139 Å². The summed E-state index contributed by atoms with van der Waals surface area (Å²) in [6.45, 7) is 1.94. The average Bonchev–Trinajstić information content (AvgIpc) is 2.93. The van der Waals surface area contributed by atoms with E-state index in [0.29, 0.717) is 6.42 Å². The molecule has 0 aliphatic carbocycles. The van der Waals surface area contributed by atoms with E-state index in [4.69, 9.17) is 0 Å². The number of pyridine rings is 1. The molecule has 3 rings (SSSR count). The van der Waals surface area contributed by atoms with Crippen molar-refractivity contribution in [3.8, 4) is 0 Å². The van der Waals surface area contributed by atoms with Gasteiger partial charge in [0, 0.05) is 18.8 Å². The van der Waals surface area contributed by atoms with Crippen LogP contribution in [0.4, 0.5) is 4.39 Å². The fraction of sp³-hybridized carbons (Fsp3) is 0.333. The highest BCUT2D eigenvalue weighted by Gasteiger charge is 2.35. The van der Waals surface area contributed by atoms with Crippen molar-refractivity contribution in [2.24, 2.45) is 0 Å². The van der Waals surface area contributed by atoms with Crippen LogP contribution >= 0.6 is 0 Å². The Morgan fingerprint density at radius 3 is 2.67 bits per heavy atom. The van der Waals surface area contributed by atoms with Gasteiger partial charge >= 0.3 is 0 Å². The number of hydrogen-bond donors (Lipinski definition) is 1. The summed E-state index contributed by atoms with van der Waals surface area (Å²) in [5.74, 6) is -0.590. The van der Waals surface area contributed by atoms with Gasteiger partial charge in [-0.15, -0.1) is 0 Å². The highest BCUT2D eigenvalue weighted by molar-refractivity contribution is 5.77. The molecule has 1 amide bonds. The van der Waals surface area contributed by atoms with Crippen LogP contribution in [0.5, 0.6) is 0 Å². The van der Waals surface area contributed by atoms with Gasteiger partial charge in [0.1, 0.15) is 12.4 Å². The maximum Gasteiger partial charge on any atom is 0.251 e. The molecule has 1 fully saturated rings. The number of carbonyl (C=O) groups excluding carboxylic acids is 1. The van der Waals surface area contributed by atoms with Crippen LogP contribution in [0.15, 0.2) is 47.4 Å². The van der Waals surface area contributed by atoms with Gasteiger partial charge in [-0.05, 0) is 42.7 Å². The van der Waals surface area contributed by atoms with Crippen LogP contribution in [0, 0.1) is 12.7 Å². The van der Waals surface area contributed by atoms with E-state index in [1.165, 1.54) is 22.8 Å². The molecule has 2 aromatic rings. The van der Waals surface area contributed by atoms with E-state index in [1.807, 2.05) is 6.92 Å². The number of rotatable bonds is 3. The minimum atomic E-state index is -0.626. The lowest BCUT2D eigenvalue weighted by atomic mass is 10.0. The Bertz CT molecular complexity index is 801. The van der Waals surface area contributed by atoms with Crippen LogP contribution in [0.3, 0.4) is 0 Å². The number of benzene rings is 1. The molecule has 2 atom stereocenters. The molecule has 1 aromatic heterocycles. The van der Waals surface area contributed by atoms with E-state index < -0.39 is 6.10 Å². The van der Waals surface area contributed by atoms with Gasteiger partial charge in [-0.3, -0.25) is 9.59 Å². The van der Waals surface area contributed by atoms with Crippen molar-refractivity contribution in [1.29, 1.82) is 0 Å². The normalized spacial score (nSPS) is 20.4. The van der Waals surface area contributed by atoms with Crippen LogP contribution in [0.2, 0.25) is 0 Å². The molecule has 1 aromatic carbocycles. The number of halogens is 1. The summed E-state index contributed by atoms with van der Waals surface area (Å²) in [4.78, 5) is 26.1. The first-order chi connectivity index (χ1) is 11.4. The summed E-state index contributed by atoms with van der Waals surface area (Å²) in [6, 6.07) is 8.86. The van der Waals surface area contributed by atoms with Crippen molar-refractivity contribution in [3.63, 3.8) is 0 Å². The largest absolute Gasteiger partial charge is 0.391 e. The number of aliphatic hydroxyl groups excluding tert-OH is 1. The molecular weight excluding hydrogens is 311 g/mol. The van der Waals surface area contributed by atoms with E-state index in [0.717, 1.165) is 11.1 Å². The first kappa shape index (κ1) is 16.4. The zero-order valence-corrected chi connectivity index (χ0v) is 13.4. The molecule has 6 heteroatoms. The minimum Gasteiger partial charge on any atom is -0.391 e. The molecule has 24 heavy (non-hydrogen) atoms. The van der Waals surface area contributed by atoms with E-state index >= 15 is 0 Å². The number of hydrogen-bond acceptors (Lipinski definition) is 3. The minimum absolute atomic E-state index is 0.0798. The average molecular weight is 330 g/mol. The second-order valence-electron chi connectivity index (χ2n) is 6.17. The van der Waals surface area contributed by atoms with Crippen LogP contribution in [0.25, 0.3) is 0 Å². The smallest absolute Gasteiger partial charge is 0.251 e. The highest BCUT2D eigenvalue weighted by atomic mass is 19.1. The first-order valence-corrected chi connectivity index (χ1v) is 7.84. The third-order valence-corrected chi connectivity index (χ3v) is 4.31. The van der Waals surface area contributed by atoms with Crippen LogP contribution < -0.4 is 5.56 Å². The Hall–Kier alpha value is -2.47. The fourth-order valence-electron chi connectivity index (χ4n) is 3.06. The number of amides is 1. The SMILES string of the molecule is Cc1ccn(CC(=O)N2C[C@H](O)C[C@@H]2c2ccc(F)cc2)c(=O)c1. The fourth-order valence-corrected chi connectivity index (χ4v) is 3.06. The van der Waals surface area contributed by atoms with E-state index in [2.05, 4.69) is 0 Å². The molecule has 5 nitrogen and oxygen atoms in total. The topological polar surface area (TPSA) is 62.5 Å². The van der Waals surface area contributed by atoms with Crippen molar-refractivity contribution in [3.05, 3.63) is 69.9 Å². The predicted molar refractivity (Wildman–Crippen MR) is 86.9 cm³/mol. The maximum absolute atomic E-state index is 13.1. The molecule has 1 aliphatic rings. The van der Waals surface area contributed by atoms with Gasteiger partial charge in [0.2, 0.25) is 5.91 Å². The predicted octanol–water partition coefficient (Wildman–Crippen LogP) is 1.63. The number of aromatic nitrogens is 1. The molecule has 0 spiro atoms. The van der Waals surface area contributed by atoms with Crippen LogP contribution in [-0.2, 0) is 11.3 Å². The van der Waals surface area contributed by atoms with Crippen LogP contribution in [0.1, 0.15) is 23.6 Å². The van der Waals surface area contributed by atoms with E-state index in [9.17, 15) is 19.1 Å². The molecule has 0 radical (unpaired) electrons. The van der Waals surface area contributed by atoms with Gasteiger partial charge in [0.15, 0.2) is 0 Å². The Morgan fingerprint density at radius 1 is 1.29 bits per heavy atom. The van der Waals surface area contributed by atoms with Crippen molar-refractivity contribution >= 4 is 5.91 Å². The van der Waals surface area contributed by atoms with Gasteiger partial charge in [-0.25, -0.2) is 4.39 Å². The lowest BCUT2D eigenvalue weighted by Gasteiger charge is -2.25. The third kappa shape index (κ3) is 3.38. The van der Waals surface area contributed by atoms with Gasteiger partial charge in [0.25, 0.3) is 5.56 Å². The Kier molecular flexibility index (Phi) is 4.49. The van der Waals surface area contributed by atoms with Crippen molar-refractivity contribution in [1.82, 2.24) is 9.47 Å². The number of aliphatic hydroxyl groups is 1. The first-order valence-electron chi connectivity index (χ1n) is 7.84. The Morgan fingerprint density at radius 2 is 2.00 bits per heavy atom. The van der Waals surface area contributed by atoms with E-state index in [-0.39, 0.29) is 36.4 Å². The molecule has 1 N–H and O–H groups in total. The lowest BCUT2D eigenvalue weighted by Crippen LogP contribution is -2.36. The number of aryl methyl sites for hydroxylation is 1. The molecule has 126 valence electrons. The second kappa shape index (κ2) is 6.57. The number of nitrogens with zero attached hydrogens (tertiary/aromatic N) is 2. The van der Waals surface area contributed by atoms with Crippen molar-refractivity contribution < 1.29 is 14.3 Å². The summed E-state index contributed by atoms with van der Waals surface area (Å²) in [5, 5.41) is 9.96. The molecular formula is C18H19FN2O3. The molecule has 1 aliphatic heterocycles. The zero-order chi connectivity index (χ0) is 17.3. The van der Waals surface area contributed by atoms with Gasteiger partial charge in [-0.2, -0.15) is 0 Å². The van der Waals surface area contributed by atoms with Gasteiger partial charge in [-0.1, -0.05) is 12.1 Å². The summed E-state index contributed by atoms with van der Waals surface area (Å²) in [7, 11) is 0. The standard InChI is InChI=1S/C18H19FN2O3/c1-12-6-7-20(17(23)8-12)11-18(24)21-10-15(22)9-16(21)13-2-4-14(19)5-3-13/h2-8,15-16,22H,9-11H2,1H3/t15-,16-/m1/s1. The summed E-state index contributed by atoms with van der Waals surface area (Å²) >= 11 is 0. The molecule has 1 saturated heterocycles. The number of likely N-dealkylation sites (tertiary alicyclic amines) is 1. The van der Waals surface area contributed by atoms with Gasteiger partial charge in [0.05, 0.1) is 12.1 Å².